The minimum Gasteiger partial charge on any atom is -0.436 e. The first kappa shape index (κ1) is 29.0. The van der Waals surface area contributed by atoms with Gasteiger partial charge in [-0.05, 0) is 86.6 Å². The molecular weight excluding hydrogens is 623 g/mol. The average Bonchev–Trinajstić information content (AvgIpc) is 3.66. The quantitative estimate of drug-likeness (QED) is 0.186. The van der Waals surface area contributed by atoms with E-state index in [0.717, 1.165) is 66.6 Å². The van der Waals surface area contributed by atoms with E-state index in [4.69, 9.17) is 19.4 Å². The molecule has 0 radical (unpaired) electrons. The molecule has 0 saturated heterocycles. The third-order valence-electron chi connectivity index (χ3n) is 9.67. The fourth-order valence-electron chi connectivity index (χ4n) is 7.00. The van der Waals surface area contributed by atoms with E-state index >= 15 is 0 Å². The minimum atomic E-state index is 0.621. The van der Waals surface area contributed by atoms with Gasteiger partial charge in [0.25, 0.3) is 0 Å². The van der Waals surface area contributed by atoms with Crippen molar-refractivity contribution in [2.24, 2.45) is 0 Å². The lowest BCUT2D eigenvalue weighted by Gasteiger charge is -2.12. The van der Waals surface area contributed by atoms with Crippen LogP contribution in [0.25, 0.3) is 99.9 Å². The Hall–Kier alpha value is -6.91. The van der Waals surface area contributed by atoms with Crippen LogP contribution in [0.4, 0.5) is 0 Å². The molecule has 0 spiro atoms. The highest BCUT2D eigenvalue weighted by Gasteiger charge is 2.15. The van der Waals surface area contributed by atoms with Crippen LogP contribution < -0.4 is 0 Å². The molecular formula is C47H29N3O. The minimum absolute atomic E-state index is 0.621. The van der Waals surface area contributed by atoms with Gasteiger partial charge in [-0.1, -0.05) is 127 Å². The van der Waals surface area contributed by atoms with Crippen LogP contribution in [0.2, 0.25) is 0 Å². The molecule has 0 aliphatic rings. The Morgan fingerprint density at radius 3 is 1.59 bits per heavy atom. The molecule has 0 saturated carbocycles. The van der Waals surface area contributed by atoms with Crippen LogP contribution in [-0.4, -0.2) is 15.0 Å². The lowest BCUT2D eigenvalue weighted by Crippen LogP contribution is -1.96. The van der Waals surface area contributed by atoms with Crippen LogP contribution in [0.5, 0.6) is 0 Å². The fraction of sp³-hybridized carbons (Fsp3) is 0. The third kappa shape index (κ3) is 5.31. The lowest BCUT2D eigenvalue weighted by atomic mass is 9.98. The third-order valence-corrected chi connectivity index (χ3v) is 9.67. The summed E-state index contributed by atoms with van der Waals surface area (Å²) in [6.45, 7) is 0. The second-order valence-electron chi connectivity index (χ2n) is 12.9. The van der Waals surface area contributed by atoms with E-state index in [1.54, 1.807) is 0 Å². The Balaban J connectivity index is 1.10. The van der Waals surface area contributed by atoms with Gasteiger partial charge in [0.2, 0.25) is 5.89 Å². The molecule has 238 valence electrons. The number of rotatable bonds is 5. The van der Waals surface area contributed by atoms with Gasteiger partial charge in [-0.15, -0.1) is 0 Å². The molecule has 2 heterocycles. The Morgan fingerprint density at radius 2 is 0.882 bits per heavy atom. The van der Waals surface area contributed by atoms with Gasteiger partial charge in [0, 0.05) is 27.6 Å². The molecule has 51 heavy (non-hydrogen) atoms. The van der Waals surface area contributed by atoms with Crippen LogP contribution in [0.15, 0.2) is 180 Å². The topological polar surface area (TPSA) is 51.8 Å². The zero-order valence-electron chi connectivity index (χ0n) is 27.5. The van der Waals surface area contributed by atoms with Gasteiger partial charge in [0.05, 0.1) is 11.4 Å². The maximum Gasteiger partial charge on any atom is 0.227 e. The smallest absolute Gasteiger partial charge is 0.227 e. The van der Waals surface area contributed by atoms with Crippen molar-refractivity contribution < 1.29 is 4.42 Å². The Morgan fingerprint density at radius 1 is 0.333 bits per heavy atom. The SMILES string of the molecule is c1ccc(-c2nc3c(ccc4ccc(-c5cccc(-c6nc(-c7ccc8ccccc8c7)cc(-c7ccc8ccccc8c7)n6)c5)cc43)o2)cc1. The fourth-order valence-corrected chi connectivity index (χ4v) is 7.00. The van der Waals surface area contributed by atoms with Gasteiger partial charge >= 0.3 is 0 Å². The molecule has 0 unspecified atom stereocenters. The number of hydrogen-bond donors (Lipinski definition) is 0. The molecule has 2 aromatic heterocycles. The maximum atomic E-state index is 6.20. The van der Waals surface area contributed by atoms with Gasteiger partial charge in [0.1, 0.15) is 5.52 Å². The molecule has 0 aliphatic carbocycles. The van der Waals surface area contributed by atoms with E-state index in [1.807, 2.05) is 36.4 Å². The first-order chi connectivity index (χ1) is 25.2. The van der Waals surface area contributed by atoms with Crippen molar-refractivity contribution in [3.63, 3.8) is 0 Å². The van der Waals surface area contributed by atoms with E-state index in [-0.39, 0.29) is 0 Å². The summed E-state index contributed by atoms with van der Waals surface area (Å²) in [5.74, 6) is 1.30. The van der Waals surface area contributed by atoms with E-state index in [0.29, 0.717) is 11.7 Å². The molecule has 8 aromatic carbocycles. The van der Waals surface area contributed by atoms with Crippen molar-refractivity contribution in [1.82, 2.24) is 15.0 Å². The summed E-state index contributed by atoms with van der Waals surface area (Å²) in [6, 6.07) is 61.2. The van der Waals surface area contributed by atoms with E-state index in [9.17, 15) is 0 Å². The molecule has 0 N–H and O–H groups in total. The largest absolute Gasteiger partial charge is 0.436 e. The van der Waals surface area contributed by atoms with Gasteiger partial charge in [-0.3, -0.25) is 0 Å². The Bertz CT molecular complexity index is 2830. The summed E-state index contributed by atoms with van der Waals surface area (Å²) in [5.41, 5.74) is 9.56. The van der Waals surface area contributed by atoms with Crippen molar-refractivity contribution >= 4 is 43.4 Å². The molecule has 0 bridgehead atoms. The number of hydrogen-bond acceptors (Lipinski definition) is 4. The van der Waals surface area contributed by atoms with Gasteiger partial charge in [-0.2, -0.15) is 0 Å². The van der Waals surface area contributed by atoms with E-state index in [1.165, 1.54) is 21.5 Å². The summed E-state index contributed by atoms with van der Waals surface area (Å²) in [4.78, 5) is 15.3. The normalized spacial score (nSPS) is 11.5. The molecule has 0 atom stereocenters. The average molecular weight is 652 g/mol. The van der Waals surface area contributed by atoms with Crippen molar-refractivity contribution in [3.05, 3.63) is 176 Å². The number of nitrogens with zero attached hydrogens (tertiary/aromatic N) is 3. The number of oxazole rings is 1. The standard InChI is InChI=1S/C47H29N3O/c1-2-11-33(12-3-1)47-50-45-41-28-37(20-19-32(41)23-24-44(45)51-47)36-15-8-16-40(27-36)46-48-42(38-21-17-30-9-4-6-13-34(30)25-38)29-43(49-46)39-22-18-31-10-5-7-14-35(31)26-39/h1-29H. The van der Waals surface area contributed by atoms with E-state index in [2.05, 4.69) is 140 Å². The molecule has 4 heteroatoms. The highest BCUT2D eigenvalue weighted by molar-refractivity contribution is 6.05. The molecule has 4 nitrogen and oxygen atoms in total. The highest BCUT2D eigenvalue weighted by Crippen LogP contribution is 2.35. The van der Waals surface area contributed by atoms with Gasteiger partial charge in [-0.25, -0.2) is 15.0 Å². The van der Waals surface area contributed by atoms with Crippen molar-refractivity contribution in [2.75, 3.05) is 0 Å². The number of fused-ring (bicyclic) bond motifs is 5. The first-order valence-electron chi connectivity index (χ1n) is 17.1. The highest BCUT2D eigenvalue weighted by atomic mass is 16.3. The van der Waals surface area contributed by atoms with Crippen LogP contribution in [0, 0.1) is 0 Å². The monoisotopic (exact) mass is 651 g/mol. The van der Waals surface area contributed by atoms with Crippen molar-refractivity contribution in [3.8, 4) is 56.5 Å². The van der Waals surface area contributed by atoms with Gasteiger partial charge in [0.15, 0.2) is 11.4 Å². The predicted octanol–water partition coefficient (Wildman–Crippen LogP) is 12.4. The summed E-state index contributed by atoms with van der Waals surface area (Å²) < 4.78 is 6.20. The zero-order valence-corrected chi connectivity index (χ0v) is 27.5. The van der Waals surface area contributed by atoms with Crippen molar-refractivity contribution in [1.29, 1.82) is 0 Å². The summed E-state index contributed by atoms with van der Waals surface area (Å²) in [7, 11) is 0. The van der Waals surface area contributed by atoms with Crippen LogP contribution in [-0.2, 0) is 0 Å². The number of benzene rings is 8. The molecule has 0 fully saturated rings. The number of aromatic nitrogens is 3. The maximum absolute atomic E-state index is 6.20. The molecule has 0 aliphatic heterocycles. The summed E-state index contributed by atoms with van der Waals surface area (Å²) in [6.07, 6.45) is 0. The second-order valence-corrected chi connectivity index (χ2v) is 12.9. The van der Waals surface area contributed by atoms with Gasteiger partial charge < -0.3 is 4.42 Å². The Kier molecular flexibility index (Phi) is 6.78. The zero-order chi connectivity index (χ0) is 33.7. The predicted molar refractivity (Wildman–Crippen MR) is 209 cm³/mol. The molecule has 0 amide bonds. The van der Waals surface area contributed by atoms with Crippen LogP contribution in [0.1, 0.15) is 0 Å². The summed E-state index contributed by atoms with van der Waals surface area (Å²) >= 11 is 0. The first-order valence-corrected chi connectivity index (χ1v) is 17.1. The second kappa shape index (κ2) is 11.9. The lowest BCUT2D eigenvalue weighted by molar-refractivity contribution is 0.620. The molecule has 10 rings (SSSR count). The van der Waals surface area contributed by atoms with E-state index < -0.39 is 0 Å². The Labute approximate surface area is 294 Å². The van der Waals surface area contributed by atoms with Crippen LogP contribution >= 0.6 is 0 Å². The molecule has 10 aromatic rings. The van der Waals surface area contributed by atoms with Crippen LogP contribution in [0.3, 0.4) is 0 Å². The van der Waals surface area contributed by atoms with Crippen molar-refractivity contribution in [2.45, 2.75) is 0 Å². The summed E-state index contributed by atoms with van der Waals surface area (Å²) in [5, 5.41) is 6.92.